The van der Waals surface area contributed by atoms with E-state index in [-0.39, 0.29) is 23.8 Å². The summed E-state index contributed by atoms with van der Waals surface area (Å²) in [5.74, 6) is 2.31. The maximum atomic E-state index is 11.4. The Bertz CT molecular complexity index is 311. The molecular weight excluding hydrogens is 218 g/mol. The molecule has 1 amide bonds. The number of methoxy groups -OCH3 is 1. The van der Waals surface area contributed by atoms with Gasteiger partial charge in [0.1, 0.15) is 0 Å². The molecule has 0 bridgehead atoms. The molecule has 0 aliphatic heterocycles. The van der Waals surface area contributed by atoms with Gasteiger partial charge in [0.25, 0.3) is 0 Å². The number of carbonyl (C=O) groups is 2. The van der Waals surface area contributed by atoms with Crippen LogP contribution in [0.4, 0.5) is 0 Å². The zero-order chi connectivity index (χ0) is 12.7. The van der Waals surface area contributed by atoms with E-state index < -0.39 is 0 Å². The minimum atomic E-state index is -0.137. The Hall–Kier alpha value is -1.50. The van der Waals surface area contributed by atoms with E-state index in [1.807, 2.05) is 0 Å². The molecule has 1 fully saturated rings. The number of carbonyl (C=O) groups excluding carboxylic acids is 2. The van der Waals surface area contributed by atoms with Crippen LogP contribution in [0.2, 0.25) is 0 Å². The van der Waals surface area contributed by atoms with E-state index in [2.05, 4.69) is 11.2 Å². The molecule has 94 valence electrons. The summed E-state index contributed by atoms with van der Waals surface area (Å²) < 4.78 is 4.71. The number of esters is 1. The van der Waals surface area contributed by atoms with Crippen molar-refractivity contribution in [3.63, 3.8) is 0 Å². The summed E-state index contributed by atoms with van der Waals surface area (Å²) in [6.45, 7) is 0. The molecule has 4 nitrogen and oxygen atoms in total. The van der Waals surface area contributed by atoms with Gasteiger partial charge in [-0.1, -0.05) is 0 Å². The first-order chi connectivity index (χ1) is 8.17. The fourth-order valence-electron chi connectivity index (χ4n) is 2.13. The molecule has 17 heavy (non-hydrogen) atoms. The van der Waals surface area contributed by atoms with Crippen molar-refractivity contribution in [1.82, 2.24) is 5.32 Å². The summed E-state index contributed by atoms with van der Waals surface area (Å²) in [7, 11) is 1.41. The Labute approximate surface area is 102 Å². The molecule has 1 aliphatic rings. The third-order valence-corrected chi connectivity index (χ3v) is 3.12. The smallest absolute Gasteiger partial charge is 0.308 e. The van der Waals surface area contributed by atoms with E-state index >= 15 is 0 Å². The van der Waals surface area contributed by atoms with Gasteiger partial charge in [-0.2, -0.15) is 0 Å². The minimum Gasteiger partial charge on any atom is -0.469 e. The van der Waals surface area contributed by atoms with Gasteiger partial charge < -0.3 is 10.1 Å². The van der Waals surface area contributed by atoms with Crippen molar-refractivity contribution < 1.29 is 14.3 Å². The summed E-state index contributed by atoms with van der Waals surface area (Å²) in [6, 6.07) is 0.182. The number of rotatable bonds is 4. The van der Waals surface area contributed by atoms with Gasteiger partial charge in [0.2, 0.25) is 5.91 Å². The first-order valence-corrected chi connectivity index (χ1v) is 5.98. The van der Waals surface area contributed by atoms with E-state index in [9.17, 15) is 9.59 Å². The number of ether oxygens (including phenoxy) is 1. The molecule has 1 aliphatic carbocycles. The van der Waals surface area contributed by atoms with Crippen LogP contribution in [0.1, 0.15) is 38.5 Å². The molecule has 1 saturated carbocycles. The SMILES string of the molecule is C#CCCC(=O)NC1CCC(C(=O)OC)CC1. The molecule has 4 heteroatoms. The molecule has 0 radical (unpaired) electrons. The van der Waals surface area contributed by atoms with Crippen LogP contribution in [0.3, 0.4) is 0 Å². The molecule has 1 rings (SSSR count). The summed E-state index contributed by atoms with van der Waals surface area (Å²) in [4.78, 5) is 22.7. The van der Waals surface area contributed by atoms with E-state index in [0.29, 0.717) is 12.8 Å². The second-order valence-electron chi connectivity index (χ2n) is 4.34. The third kappa shape index (κ3) is 4.48. The summed E-state index contributed by atoms with van der Waals surface area (Å²) in [6.07, 6.45) is 9.19. The van der Waals surface area contributed by atoms with Crippen LogP contribution >= 0.6 is 0 Å². The van der Waals surface area contributed by atoms with Gasteiger partial charge in [-0.15, -0.1) is 12.3 Å². The van der Waals surface area contributed by atoms with Crippen LogP contribution in [0.5, 0.6) is 0 Å². The highest BCUT2D eigenvalue weighted by Crippen LogP contribution is 2.25. The average molecular weight is 237 g/mol. The lowest BCUT2D eigenvalue weighted by Gasteiger charge is -2.27. The molecule has 0 unspecified atom stereocenters. The molecule has 0 atom stereocenters. The maximum Gasteiger partial charge on any atom is 0.308 e. The van der Waals surface area contributed by atoms with Crippen molar-refractivity contribution in [3.8, 4) is 12.3 Å². The fraction of sp³-hybridized carbons (Fsp3) is 0.692. The van der Waals surface area contributed by atoms with Gasteiger partial charge in [-0.3, -0.25) is 9.59 Å². The monoisotopic (exact) mass is 237 g/mol. The lowest BCUT2D eigenvalue weighted by atomic mass is 9.86. The fourth-order valence-corrected chi connectivity index (χ4v) is 2.13. The first kappa shape index (κ1) is 13.6. The van der Waals surface area contributed by atoms with Gasteiger partial charge in [-0.05, 0) is 25.7 Å². The van der Waals surface area contributed by atoms with E-state index in [1.54, 1.807) is 0 Å². The molecule has 0 heterocycles. The number of nitrogens with one attached hydrogen (secondary N) is 1. The Morgan fingerprint density at radius 3 is 2.53 bits per heavy atom. The van der Waals surface area contributed by atoms with Crippen LogP contribution in [-0.2, 0) is 14.3 Å². The number of terminal acetylenes is 1. The molecule has 0 aromatic carbocycles. The first-order valence-electron chi connectivity index (χ1n) is 5.98. The summed E-state index contributed by atoms with van der Waals surface area (Å²) in [5.41, 5.74) is 0. The summed E-state index contributed by atoms with van der Waals surface area (Å²) >= 11 is 0. The largest absolute Gasteiger partial charge is 0.469 e. The van der Waals surface area contributed by atoms with Crippen LogP contribution in [0.15, 0.2) is 0 Å². The Kier molecular flexibility index (Phi) is 5.55. The summed E-state index contributed by atoms with van der Waals surface area (Å²) in [5, 5.41) is 2.94. The zero-order valence-electron chi connectivity index (χ0n) is 10.2. The Morgan fingerprint density at radius 2 is 2.00 bits per heavy atom. The number of hydrogen-bond donors (Lipinski definition) is 1. The lowest BCUT2D eigenvalue weighted by molar-refractivity contribution is -0.146. The molecule has 0 spiro atoms. The van der Waals surface area contributed by atoms with Crippen molar-refractivity contribution in [2.24, 2.45) is 5.92 Å². The lowest BCUT2D eigenvalue weighted by Crippen LogP contribution is -2.38. The van der Waals surface area contributed by atoms with Crippen molar-refractivity contribution >= 4 is 11.9 Å². The molecule has 0 saturated heterocycles. The topological polar surface area (TPSA) is 55.4 Å². The van der Waals surface area contributed by atoms with Gasteiger partial charge >= 0.3 is 5.97 Å². The number of hydrogen-bond acceptors (Lipinski definition) is 3. The van der Waals surface area contributed by atoms with Gasteiger partial charge in [0.05, 0.1) is 13.0 Å². The second-order valence-corrected chi connectivity index (χ2v) is 4.34. The predicted octanol–water partition coefficient (Wildman–Crippen LogP) is 1.25. The van der Waals surface area contributed by atoms with Crippen LogP contribution in [0, 0.1) is 18.3 Å². The quantitative estimate of drug-likeness (QED) is 0.591. The molecule has 0 aromatic heterocycles. The van der Waals surface area contributed by atoms with Gasteiger partial charge in [0.15, 0.2) is 0 Å². The van der Waals surface area contributed by atoms with Crippen molar-refractivity contribution in [2.75, 3.05) is 7.11 Å². The molecular formula is C13H19NO3. The van der Waals surface area contributed by atoms with Crippen molar-refractivity contribution in [1.29, 1.82) is 0 Å². The number of amides is 1. The third-order valence-electron chi connectivity index (χ3n) is 3.12. The van der Waals surface area contributed by atoms with Gasteiger partial charge in [-0.25, -0.2) is 0 Å². The standard InChI is InChI=1S/C13H19NO3/c1-3-4-5-12(15)14-11-8-6-10(7-9-11)13(16)17-2/h1,10-11H,4-9H2,2H3,(H,14,15). The Balaban J connectivity index is 2.25. The highest BCUT2D eigenvalue weighted by atomic mass is 16.5. The van der Waals surface area contributed by atoms with E-state index in [1.165, 1.54) is 7.11 Å². The van der Waals surface area contributed by atoms with Crippen LogP contribution in [-0.4, -0.2) is 25.0 Å². The zero-order valence-corrected chi connectivity index (χ0v) is 10.2. The molecule has 1 N–H and O–H groups in total. The van der Waals surface area contributed by atoms with Crippen molar-refractivity contribution in [3.05, 3.63) is 0 Å². The minimum absolute atomic E-state index is 0.00106. The van der Waals surface area contributed by atoms with Crippen molar-refractivity contribution in [2.45, 2.75) is 44.6 Å². The Morgan fingerprint density at radius 1 is 1.35 bits per heavy atom. The highest BCUT2D eigenvalue weighted by Gasteiger charge is 2.27. The second kappa shape index (κ2) is 6.95. The van der Waals surface area contributed by atoms with Gasteiger partial charge in [0, 0.05) is 18.9 Å². The van der Waals surface area contributed by atoms with E-state index in [4.69, 9.17) is 11.2 Å². The normalized spacial score (nSPS) is 23.5. The van der Waals surface area contributed by atoms with Crippen LogP contribution < -0.4 is 5.32 Å². The van der Waals surface area contributed by atoms with Crippen LogP contribution in [0.25, 0.3) is 0 Å². The average Bonchev–Trinajstić information content (AvgIpc) is 2.36. The van der Waals surface area contributed by atoms with E-state index in [0.717, 1.165) is 25.7 Å². The predicted molar refractivity (Wildman–Crippen MR) is 64.0 cm³/mol. The highest BCUT2D eigenvalue weighted by molar-refractivity contribution is 5.76. The maximum absolute atomic E-state index is 11.4. The molecule has 0 aromatic rings.